The first kappa shape index (κ1) is 14.2. The molecular formula is C15H18IN3. The summed E-state index contributed by atoms with van der Waals surface area (Å²) in [6.07, 6.45) is 0. The molecule has 2 aromatic rings. The summed E-state index contributed by atoms with van der Waals surface area (Å²) in [5.41, 5.74) is 9.18. The van der Waals surface area contributed by atoms with E-state index in [1.165, 1.54) is 5.56 Å². The maximum absolute atomic E-state index is 6.03. The van der Waals surface area contributed by atoms with Crippen LogP contribution < -0.4 is 5.73 Å². The van der Waals surface area contributed by atoms with Gasteiger partial charge in [-0.1, -0.05) is 44.5 Å². The predicted octanol–water partition coefficient (Wildman–Crippen LogP) is 3.94. The van der Waals surface area contributed by atoms with Gasteiger partial charge in [0, 0.05) is 11.0 Å². The highest BCUT2D eigenvalue weighted by atomic mass is 127. The highest BCUT2D eigenvalue weighted by Gasteiger charge is 2.22. The first-order chi connectivity index (χ1) is 8.79. The minimum absolute atomic E-state index is 0.0494. The van der Waals surface area contributed by atoms with Crippen LogP contribution in [-0.4, -0.2) is 9.97 Å². The van der Waals surface area contributed by atoms with Gasteiger partial charge in [-0.05, 0) is 35.6 Å². The largest absolute Gasteiger partial charge is 0.383 e. The molecule has 3 nitrogen and oxygen atoms in total. The van der Waals surface area contributed by atoms with Crippen LogP contribution in [0.4, 0.5) is 5.82 Å². The standard InChI is InChI=1S/C15H18IN3/c1-9-6-5-7-10(8-9)14-18-12(15(2,3)4)11(16)13(17)19-14/h5-8H,1-4H3,(H2,17,18,19). The molecule has 2 rings (SSSR count). The quantitative estimate of drug-likeness (QED) is 0.777. The first-order valence-corrected chi connectivity index (χ1v) is 7.27. The summed E-state index contributed by atoms with van der Waals surface area (Å²) in [7, 11) is 0. The van der Waals surface area contributed by atoms with Crippen molar-refractivity contribution in [2.75, 3.05) is 5.73 Å². The minimum Gasteiger partial charge on any atom is -0.383 e. The Labute approximate surface area is 127 Å². The van der Waals surface area contributed by atoms with Crippen LogP contribution in [0, 0.1) is 10.5 Å². The molecule has 0 atom stereocenters. The van der Waals surface area contributed by atoms with Gasteiger partial charge >= 0.3 is 0 Å². The van der Waals surface area contributed by atoms with E-state index >= 15 is 0 Å². The van der Waals surface area contributed by atoms with Crippen molar-refractivity contribution in [3.05, 3.63) is 39.1 Å². The Kier molecular flexibility index (Phi) is 3.80. The second-order valence-corrected chi connectivity index (χ2v) is 6.79. The van der Waals surface area contributed by atoms with E-state index in [1.54, 1.807) is 0 Å². The van der Waals surface area contributed by atoms with E-state index < -0.39 is 0 Å². The molecule has 0 aliphatic rings. The number of aryl methyl sites for hydroxylation is 1. The molecule has 0 fully saturated rings. The molecule has 0 radical (unpaired) electrons. The molecule has 100 valence electrons. The van der Waals surface area contributed by atoms with Gasteiger partial charge in [0.25, 0.3) is 0 Å². The average Bonchev–Trinajstić information content (AvgIpc) is 2.31. The third-order valence-electron chi connectivity index (χ3n) is 2.86. The van der Waals surface area contributed by atoms with Crippen LogP contribution in [0.2, 0.25) is 0 Å². The molecule has 0 aliphatic carbocycles. The number of nitrogens with two attached hydrogens (primary N) is 1. The fourth-order valence-corrected chi connectivity index (χ4v) is 2.92. The van der Waals surface area contributed by atoms with Crippen LogP contribution in [0.15, 0.2) is 24.3 Å². The number of halogens is 1. The summed E-state index contributed by atoms with van der Waals surface area (Å²) in [4.78, 5) is 9.13. The Morgan fingerprint density at radius 1 is 1.16 bits per heavy atom. The maximum atomic E-state index is 6.03. The molecule has 0 unspecified atom stereocenters. The number of nitrogens with zero attached hydrogens (tertiary/aromatic N) is 2. The summed E-state index contributed by atoms with van der Waals surface area (Å²) in [6, 6.07) is 8.17. The van der Waals surface area contributed by atoms with Crippen LogP contribution in [-0.2, 0) is 5.41 Å². The van der Waals surface area contributed by atoms with Crippen LogP contribution in [0.5, 0.6) is 0 Å². The highest BCUT2D eigenvalue weighted by Crippen LogP contribution is 2.30. The Hall–Kier alpha value is -1.17. The van der Waals surface area contributed by atoms with E-state index in [0.717, 1.165) is 14.8 Å². The summed E-state index contributed by atoms with van der Waals surface area (Å²) in [5.74, 6) is 1.25. The Balaban J connectivity index is 2.63. The van der Waals surface area contributed by atoms with Gasteiger partial charge in [0.2, 0.25) is 0 Å². The number of hydrogen-bond acceptors (Lipinski definition) is 3. The fourth-order valence-electron chi connectivity index (χ4n) is 1.87. The van der Waals surface area contributed by atoms with Gasteiger partial charge in [-0.2, -0.15) is 0 Å². The Morgan fingerprint density at radius 3 is 2.42 bits per heavy atom. The molecule has 0 spiro atoms. The van der Waals surface area contributed by atoms with Crippen LogP contribution in [0.1, 0.15) is 32.0 Å². The SMILES string of the molecule is Cc1cccc(-c2nc(N)c(I)c(C(C)(C)C)n2)c1. The van der Waals surface area contributed by atoms with E-state index in [-0.39, 0.29) is 5.41 Å². The van der Waals surface area contributed by atoms with Crippen molar-refractivity contribution in [1.29, 1.82) is 0 Å². The van der Waals surface area contributed by atoms with Crippen molar-refractivity contribution in [3.63, 3.8) is 0 Å². The van der Waals surface area contributed by atoms with Gasteiger partial charge in [-0.3, -0.25) is 0 Å². The van der Waals surface area contributed by atoms with Crippen molar-refractivity contribution in [1.82, 2.24) is 9.97 Å². The number of aromatic nitrogens is 2. The molecule has 0 aliphatic heterocycles. The van der Waals surface area contributed by atoms with Gasteiger partial charge in [0.1, 0.15) is 5.82 Å². The number of hydrogen-bond donors (Lipinski definition) is 1. The molecule has 2 N–H and O–H groups in total. The normalized spacial score (nSPS) is 11.6. The van der Waals surface area contributed by atoms with E-state index in [9.17, 15) is 0 Å². The van der Waals surface area contributed by atoms with Crippen molar-refractivity contribution < 1.29 is 0 Å². The minimum atomic E-state index is -0.0494. The average molecular weight is 367 g/mol. The van der Waals surface area contributed by atoms with Gasteiger partial charge in [-0.15, -0.1) is 0 Å². The van der Waals surface area contributed by atoms with Gasteiger partial charge < -0.3 is 5.73 Å². The van der Waals surface area contributed by atoms with Crippen molar-refractivity contribution >= 4 is 28.4 Å². The third-order valence-corrected chi connectivity index (χ3v) is 3.93. The smallest absolute Gasteiger partial charge is 0.161 e. The van der Waals surface area contributed by atoms with Gasteiger partial charge in [0.15, 0.2) is 5.82 Å². The van der Waals surface area contributed by atoms with Gasteiger partial charge in [-0.25, -0.2) is 9.97 Å². The molecule has 1 aromatic carbocycles. The monoisotopic (exact) mass is 367 g/mol. The topological polar surface area (TPSA) is 51.8 Å². The summed E-state index contributed by atoms with van der Waals surface area (Å²) in [6.45, 7) is 8.47. The molecule has 0 bridgehead atoms. The zero-order valence-corrected chi connectivity index (χ0v) is 13.8. The maximum Gasteiger partial charge on any atom is 0.161 e. The molecule has 0 saturated carbocycles. The molecule has 0 amide bonds. The molecule has 1 aromatic heterocycles. The van der Waals surface area contributed by atoms with Crippen molar-refractivity contribution in [2.24, 2.45) is 0 Å². The number of rotatable bonds is 1. The second-order valence-electron chi connectivity index (χ2n) is 5.71. The van der Waals surface area contributed by atoms with Crippen molar-refractivity contribution in [2.45, 2.75) is 33.1 Å². The number of anilines is 1. The van der Waals surface area contributed by atoms with Crippen LogP contribution in [0.25, 0.3) is 11.4 Å². The van der Waals surface area contributed by atoms with E-state index in [1.807, 2.05) is 12.1 Å². The lowest BCUT2D eigenvalue weighted by Crippen LogP contribution is -2.18. The number of benzene rings is 1. The fraction of sp³-hybridized carbons (Fsp3) is 0.333. The lowest BCUT2D eigenvalue weighted by atomic mass is 9.91. The molecule has 1 heterocycles. The van der Waals surface area contributed by atoms with E-state index in [0.29, 0.717) is 11.6 Å². The lowest BCUT2D eigenvalue weighted by molar-refractivity contribution is 0.564. The zero-order valence-electron chi connectivity index (χ0n) is 11.7. The molecule has 19 heavy (non-hydrogen) atoms. The van der Waals surface area contributed by atoms with Crippen LogP contribution >= 0.6 is 22.6 Å². The lowest BCUT2D eigenvalue weighted by Gasteiger charge is -2.21. The van der Waals surface area contributed by atoms with Crippen molar-refractivity contribution in [3.8, 4) is 11.4 Å². The van der Waals surface area contributed by atoms with Crippen LogP contribution in [0.3, 0.4) is 0 Å². The Morgan fingerprint density at radius 2 is 1.84 bits per heavy atom. The second kappa shape index (κ2) is 5.07. The summed E-state index contributed by atoms with van der Waals surface area (Å²) >= 11 is 2.22. The highest BCUT2D eigenvalue weighted by molar-refractivity contribution is 14.1. The molecule has 0 saturated heterocycles. The summed E-state index contributed by atoms with van der Waals surface area (Å²) < 4.78 is 0.946. The summed E-state index contributed by atoms with van der Waals surface area (Å²) in [5, 5.41) is 0. The molecular weight excluding hydrogens is 349 g/mol. The first-order valence-electron chi connectivity index (χ1n) is 6.19. The zero-order chi connectivity index (χ0) is 14.2. The predicted molar refractivity (Wildman–Crippen MR) is 88.0 cm³/mol. The van der Waals surface area contributed by atoms with E-state index in [4.69, 9.17) is 10.7 Å². The molecule has 4 heteroatoms. The van der Waals surface area contributed by atoms with E-state index in [2.05, 4.69) is 67.4 Å². The van der Waals surface area contributed by atoms with Gasteiger partial charge in [0.05, 0.1) is 9.26 Å². The Bertz CT molecular complexity index is 615. The third kappa shape index (κ3) is 3.05. The number of nitrogen functional groups attached to an aromatic ring is 1.